The highest BCUT2D eigenvalue weighted by Gasteiger charge is 2.32. The summed E-state index contributed by atoms with van der Waals surface area (Å²) in [6.07, 6.45) is 2.52. The van der Waals surface area contributed by atoms with Crippen molar-refractivity contribution in [1.82, 2.24) is 9.62 Å². The first kappa shape index (κ1) is 27.2. The monoisotopic (exact) mass is 527 g/mol. The van der Waals surface area contributed by atoms with E-state index in [1.54, 1.807) is 24.3 Å². The third kappa shape index (κ3) is 7.55. The summed E-state index contributed by atoms with van der Waals surface area (Å²) in [7, 11) is -7.24. The van der Waals surface area contributed by atoms with Crippen LogP contribution in [0.25, 0.3) is 0 Å². The summed E-state index contributed by atoms with van der Waals surface area (Å²) in [5, 5.41) is 23.6. The molecule has 0 saturated carbocycles. The first-order valence-corrected chi connectivity index (χ1v) is 14.8. The number of sulfonamides is 2. The van der Waals surface area contributed by atoms with Crippen LogP contribution in [0.2, 0.25) is 0 Å². The van der Waals surface area contributed by atoms with E-state index in [0.29, 0.717) is 30.9 Å². The second-order valence-corrected chi connectivity index (χ2v) is 12.3. The van der Waals surface area contributed by atoms with Gasteiger partial charge >= 0.3 is 0 Å². The Balaban J connectivity index is 1.56. The fraction of sp³-hybridized carbons (Fsp3) is 0.478. The maximum atomic E-state index is 13.0. The third-order valence-corrected chi connectivity index (χ3v) is 8.15. The summed E-state index contributed by atoms with van der Waals surface area (Å²) in [5.74, 6) is 0.382. The first-order valence-electron chi connectivity index (χ1n) is 11.4. The lowest BCUT2D eigenvalue weighted by molar-refractivity contribution is 0.170. The van der Waals surface area contributed by atoms with Crippen molar-refractivity contribution in [3.05, 3.63) is 48.0 Å². The van der Waals surface area contributed by atoms with Crippen LogP contribution in [-0.4, -0.2) is 69.9 Å². The Bertz CT molecular complexity index is 1200. The minimum atomic E-state index is -3.65. The van der Waals surface area contributed by atoms with Crippen LogP contribution in [0, 0.1) is 0 Å². The summed E-state index contributed by atoms with van der Waals surface area (Å²) in [5.41, 5.74) is 0.383. The molecule has 1 aliphatic rings. The number of unbranched alkanes of at least 4 members (excludes halogenated alkanes) is 1. The predicted octanol–water partition coefficient (Wildman–Crippen LogP) is 2.03. The molecule has 12 heteroatoms. The average Bonchev–Trinajstić information content (AvgIpc) is 3.29. The number of aliphatic hydroxyl groups excluding tert-OH is 1. The van der Waals surface area contributed by atoms with Gasteiger partial charge in [-0.25, -0.2) is 16.8 Å². The van der Waals surface area contributed by atoms with E-state index in [-0.39, 0.29) is 35.5 Å². The summed E-state index contributed by atoms with van der Waals surface area (Å²) < 4.78 is 58.2. The molecule has 0 aromatic heterocycles. The smallest absolute Gasteiger partial charge is 0.243 e. The van der Waals surface area contributed by atoms with Crippen LogP contribution >= 0.6 is 0 Å². The molecule has 0 amide bonds. The van der Waals surface area contributed by atoms with Crippen molar-refractivity contribution in [2.45, 2.75) is 43.2 Å². The molecule has 1 fully saturated rings. The van der Waals surface area contributed by atoms with E-state index < -0.39 is 26.2 Å². The second-order valence-electron chi connectivity index (χ2n) is 8.60. The SMILES string of the molecule is CCCCOc1ccc(S(=O)(=O)N2CCC(NC[C@H](O)c3ccc(O)c(NS(C)(=O)=O)c3)C2)cc1. The Labute approximate surface area is 207 Å². The highest BCUT2D eigenvalue weighted by Crippen LogP contribution is 2.28. The number of nitrogens with zero attached hydrogens (tertiary/aromatic N) is 1. The van der Waals surface area contributed by atoms with Gasteiger partial charge in [-0.1, -0.05) is 19.4 Å². The fourth-order valence-electron chi connectivity index (χ4n) is 3.74. The van der Waals surface area contributed by atoms with Crippen LogP contribution in [-0.2, 0) is 20.0 Å². The van der Waals surface area contributed by atoms with E-state index in [1.165, 1.54) is 22.5 Å². The van der Waals surface area contributed by atoms with E-state index >= 15 is 0 Å². The molecule has 3 rings (SSSR count). The summed E-state index contributed by atoms with van der Waals surface area (Å²) in [4.78, 5) is 0.205. The number of anilines is 1. The van der Waals surface area contributed by atoms with Crippen molar-refractivity contribution in [3.63, 3.8) is 0 Å². The Morgan fingerprint density at radius 3 is 2.51 bits per heavy atom. The number of benzene rings is 2. The number of phenolic OH excluding ortho intramolecular Hbond substituents is 1. The molecule has 10 nitrogen and oxygen atoms in total. The van der Waals surface area contributed by atoms with Crippen LogP contribution in [0.15, 0.2) is 47.4 Å². The number of nitrogens with one attached hydrogen (secondary N) is 2. The van der Waals surface area contributed by atoms with Gasteiger partial charge in [0.05, 0.1) is 29.5 Å². The molecule has 1 aliphatic heterocycles. The number of hydrogen-bond acceptors (Lipinski definition) is 8. The van der Waals surface area contributed by atoms with E-state index in [1.807, 2.05) is 0 Å². The Kier molecular flexibility index (Phi) is 9.00. The number of phenols is 1. The lowest BCUT2D eigenvalue weighted by Gasteiger charge is -2.19. The lowest BCUT2D eigenvalue weighted by Crippen LogP contribution is -2.37. The highest BCUT2D eigenvalue weighted by atomic mass is 32.2. The number of aromatic hydroxyl groups is 1. The van der Waals surface area contributed by atoms with Crippen molar-refractivity contribution >= 4 is 25.7 Å². The highest BCUT2D eigenvalue weighted by molar-refractivity contribution is 7.92. The first-order chi connectivity index (χ1) is 16.5. The molecule has 2 aromatic rings. The van der Waals surface area contributed by atoms with Crippen molar-refractivity contribution in [2.75, 3.05) is 37.2 Å². The standard InChI is InChI=1S/C23H33N3O7S2/c1-3-4-13-33-19-6-8-20(9-7-19)35(31,32)26-12-11-18(16-26)24-15-23(28)17-5-10-22(27)21(14-17)25-34(2,29)30/h5-10,14,18,23-25,27-28H,3-4,11-13,15-16H2,1-2H3/t18?,23-/m0/s1. The molecule has 0 aliphatic carbocycles. The van der Waals surface area contributed by atoms with Gasteiger partial charge in [-0.05, 0) is 54.8 Å². The molecule has 0 spiro atoms. The van der Waals surface area contributed by atoms with E-state index in [4.69, 9.17) is 4.74 Å². The van der Waals surface area contributed by atoms with Gasteiger partial charge in [0.25, 0.3) is 0 Å². The van der Waals surface area contributed by atoms with Crippen molar-refractivity contribution in [1.29, 1.82) is 0 Å². The minimum absolute atomic E-state index is 0.0241. The number of hydrogen-bond donors (Lipinski definition) is 4. The van der Waals surface area contributed by atoms with E-state index in [9.17, 15) is 27.0 Å². The van der Waals surface area contributed by atoms with Gasteiger partial charge in [0.2, 0.25) is 20.0 Å². The number of rotatable bonds is 12. The fourth-order valence-corrected chi connectivity index (χ4v) is 5.81. The van der Waals surface area contributed by atoms with Crippen molar-refractivity contribution < 1.29 is 31.8 Å². The molecule has 0 radical (unpaired) electrons. The molecular weight excluding hydrogens is 494 g/mol. The average molecular weight is 528 g/mol. The van der Waals surface area contributed by atoms with Crippen molar-refractivity contribution in [2.24, 2.45) is 0 Å². The normalized spacial score (nSPS) is 17.9. The zero-order valence-corrected chi connectivity index (χ0v) is 21.5. The van der Waals surface area contributed by atoms with Gasteiger partial charge < -0.3 is 20.3 Å². The molecule has 1 unspecified atom stereocenters. The summed E-state index contributed by atoms with van der Waals surface area (Å²) in [6.45, 7) is 3.41. The molecule has 2 atom stereocenters. The Morgan fingerprint density at radius 2 is 1.86 bits per heavy atom. The Hall–Kier alpha value is -2.38. The molecule has 0 bridgehead atoms. The molecular formula is C23H33N3O7S2. The molecule has 1 heterocycles. The van der Waals surface area contributed by atoms with Gasteiger partial charge in [-0.2, -0.15) is 4.31 Å². The summed E-state index contributed by atoms with van der Waals surface area (Å²) in [6, 6.07) is 10.4. The van der Waals surface area contributed by atoms with Crippen molar-refractivity contribution in [3.8, 4) is 11.5 Å². The zero-order valence-electron chi connectivity index (χ0n) is 19.8. The van der Waals surface area contributed by atoms with Crippen LogP contribution in [0.3, 0.4) is 0 Å². The van der Waals surface area contributed by atoms with Crippen LogP contribution in [0.4, 0.5) is 5.69 Å². The lowest BCUT2D eigenvalue weighted by atomic mass is 10.1. The van der Waals surface area contributed by atoms with Crippen LogP contribution in [0.5, 0.6) is 11.5 Å². The third-order valence-electron chi connectivity index (χ3n) is 5.68. The topological polar surface area (TPSA) is 145 Å². The maximum Gasteiger partial charge on any atom is 0.243 e. The van der Waals surface area contributed by atoms with Crippen LogP contribution < -0.4 is 14.8 Å². The Morgan fingerprint density at radius 1 is 1.14 bits per heavy atom. The van der Waals surface area contributed by atoms with Gasteiger partial charge in [0.15, 0.2) is 0 Å². The zero-order chi connectivity index (χ0) is 25.6. The van der Waals surface area contributed by atoms with E-state index in [2.05, 4.69) is 17.0 Å². The quantitative estimate of drug-likeness (QED) is 0.242. The molecule has 194 valence electrons. The maximum absolute atomic E-state index is 13.0. The molecule has 1 saturated heterocycles. The van der Waals surface area contributed by atoms with Gasteiger partial charge in [-0.15, -0.1) is 0 Å². The largest absolute Gasteiger partial charge is 0.506 e. The van der Waals surface area contributed by atoms with Gasteiger partial charge in [0.1, 0.15) is 11.5 Å². The number of ether oxygens (including phenoxy) is 1. The molecule has 35 heavy (non-hydrogen) atoms. The van der Waals surface area contributed by atoms with Crippen LogP contribution in [0.1, 0.15) is 37.9 Å². The van der Waals surface area contributed by atoms with Gasteiger partial charge in [0, 0.05) is 25.7 Å². The summed E-state index contributed by atoms with van der Waals surface area (Å²) >= 11 is 0. The number of aliphatic hydroxyl groups is 1. The second kappa shape index (κ2) is 11.6. The van der Waals surface area contributed by atoms with Gasteiger partial charge in [-0.3, -0.25) is 4.72 Å². The molecule has 4 N–H and O–H groups in total. The van der Waals surface area contributed by atoms with E-state index in [0.717, 1.165) is 19.1 Å². The minimum Gasteiger partial charge on any atom is -0.506 e. The molecule has 2 aromatic carbocycles. The predicted molar refractivity (Wildman–Crippen MR) is 134 cm³/mol.